The Morgan fingerprint density at radius 3 is 2.48 bits per heavy atom. The standard InChI is InChI=1S/C19H17N2OS/c22-17(15-7-3-1-4-8-15)13-20-11-12-21-14-18(23-19(20)21)16-9-5-2-6-10-16/h1-10,14H,11-13H2/q+1. The van der Waals surface area contributed by atoms with Crippen LogP contribution in [0, 0.1) is 0 Å². The lowest BCUT2D eigenvalue weighted by Gasteiger charge is -2.07. The van der Waals surface area contributed by atoms with E-state index in [0.717, 1.165) is 18.7 Å². The first-order valence-corrected chi connectivity index (χ1v) is 8.55. The molecule has 4 heteroatoms. The Labute approximate surface area is 139 Å². The van der Waals surface area contributed by atoms with Gasteiger partial charge < -0.3 is 0 Å². The molecule has 1 aliphatic rings. The van der Waals surface area contributed by atoms with Crippen molar-refractivity contribution in [1.82, 2.24) is 0 Å². The van der Waals surface area contributed by atoms with E-state index >= 15 is 0 Å². The quantitative estimate of drug-likeness (QED) is 0.543. The van der Waals surface area contributed by atoms with E-state index in [2.05, 4.69) is 39.9 Å². The van der Waals surface area contributed by atoms with E-state index in [-0.39, 0.29) is 5.78 Å². The number of aromatic nitrogens is 1. The molecule has 23 heavy (non-hydrogen) atoms. The zero-order chi connectivity index (χ0) is 15.6. The molecule has 0 amide bonds. The second-order valence-corrected chi connectivity index (χ2v) is 6.66. The molecule has 2 heterocycles. The Balaban J connectivity index is 1.56. The van der Waals surface area contributed by atoms with Gasteiger partial charge in [-0.3, -0.25) is 4.79 Å². The highest BCUT2D eigenvalue weighted by atomic mass is 32.1. The minimum atomic E-state index is 0.175. The summed E-state index contributed by atoms with van der Waals surface area (Å²) >= 11 is 1.76. The fourth-order valence-electron chi connectivity index (χ4n) is 2.88. The summed E-state index contributed by atoms with van der Waals surface area (Å²) in [6, 6.07) is 19.9. The van der Waals surface area contributed by atoms with Crippen LogP contribution in [0.4, 0.5) is 5.13 Å². The largest absolute Gasteiger partial charge is 0.337 e. The topological polar surface area (TPSA) is 24.2 Å². The summed E-state index contributed by atoms with van der Waals surface area (Å²) in [7, 11) is 0. The number of hydrogen-bond donors (Lipinski definition) is 0. The van der Waals surface area contributed by atoms with Gasteiger partial charge in [-0.2, -0.15) is 0 Å². The molecule has 2 aromatic carbocycles. The lowest BCUT2D eigenvalue weighted by Crippen LogP contribution is -2.29. The molecule has 0 fully saturated rings. The fourth-order valence-corrected chi connectivity index (χ4v) is 4.06. The van der Waals surface area contributed by atoms with Crippen LogP contribution in [-0.4, -0.2) is 18.9 Å². The number of Topliss-reactive ketones (excluding diaryl/α,β-unsaturated/α-hetero) is 1. The second kappa shape index (κ2) is 5.97. The van der Waals surface area contributed by atoms with E-state index in [0.29, 0.717) is 6.54 Å². The third-order valence-corrected chi connectivity index (χ3v) is 5.33. The minimum Gasteiger partial charge on any atom is -0.290 e. The zero-order valence-corrected chi connectivity index (χ0v) is 13.5. The van der Waals surface area contributed by atoms with Crippen LogP contribution in [0.3, 0.4) is 0 Å². The molecule has 1 aliphatic heterocycles. The van der Waals surface area contributed by atoms with Crippen molar-refractivity contribution in [3.8, 4) is 10.4 Å². The highest BCUT2D eigenvalue weighted by molar-refractivity contribution is 7.18. The number of nitrogens with zero attached hydrogens (tertiary/aromatic N) is 2. The monoisotopic (exact) mass is 321 g/mol. The number of fused-ring (bicyclic) bond motifs is 1. The Bertz CT molecular complexity index is 827. The number of benzene rings is 2. The van der Waals surface area contributed by atoms with E-state index in [1.165, 1.54) is 15.6 Å². The lowest BCUT2D eigenvalue weighted by atomic mass is 10.1. The number of ketones is 1. The molecule has 0 saturated carbocycles. The molecule has 114 valence electrons. The maximum absolute atomic E-state index is 12.4. The Kier molecular flexibility index (Phi) is 3.67. The van der Waals surface area contributed by atoms with Crippen molar-refractivity contribution in [1.29, 1.82) is 0 Å². The smallest absolute Gasteiger partial charge is 0.290 e. The van der Waals surface area contributed by atoms with E-state index in [4.69, 9.17) is 0 Å². The van der Waals surface area contributed by atoms with Crippen LogP contribution in [0.1, 0.15) is 10.4 Å². The number of carbonyl (C=O) groups is 1. The van der Waals surface area contributed by atoms with Crippen LogP contribution in [0.2, 0.25) is 0 Å². The molecule has 0 saturated heterocycles. The Morgan fingerprint density at radius 2 is 1.74 bits per heavy atom. The van der Waals surface area contributed by atoms with Crippen LogP contribution in [-0.2, 0) is 6.54 Å². The summed E-state index contributed by atoms with van der Waals surface area (Å²) in [6.07, 6.45) is 2.20. The Morgan fingerprint density at radius 1 is 1.04 bits per heavy atom. The molecular formula is C19H17N2OS+. The molecule has 0 unspecified atom stereocenters. The van der Waals surface area contributed by atoms with Crippen molar-refractivity contribution >= 4 is 22.3 Å². The van der Waals surface area contributed by atoms with Gasteiger partial charge in [-0.1, -0.05) is 60.7 Å². The molecule has 0 bridgehead atoms. The first kappa shape index (κ1) is 14.2. The molecule has 0 radical (unpaired) electrons. The van der Waals surface area contributed by atoms with E-state index < -0.39 is 0 Å². The number of anilines is 1. The van der Waals surface area contributed by atoms with Gasteiger partial charge >= 0.3 is 5.13 Å². The maximum atomic E-state index is 12.4. The summed E-state index contributed by atoms with van der Waals surface area (Å²) < 4.78 is 2.26. The van der Waals surface area contributed by atoms with E-state index in [1.807, 2.05) is 36.4 Å². The van der Waals surface area contributed by atoms with Crippen molar-refractivity contribution in [2.24, 2.45) is 0 Å². The van der Waals surface area contributed by atoms with Gasteiger partial charge in [-0.25, -0.2) is 9.47 Å². The SMILES string of the molecule is O=C(CN1CC[n+]2cc(-c3ccccc3)sc21)c1ccccc1. The minimum absolute atomic E-state index is 0.175. The van der Waals surface area contributed by atoms with Gasteiger partial charge in [0.25, 0.3) is 0 Å². The van der Waals surface area contributed by atoms with Crippen molar-refractivity contribution in [3.63, 3.8) is 0 Å². The van der Waals surface area contributed by atoms with Gasteiger partial charge in [-0.05, 0) is 16.9 Å². The van der Waals surface area contributed by atoms with Gasteiger partial charge in [-0.15, -0.1) is 0 Å². The first-order valence-electron chi connectivity index (χ1n) is 7.73. The Hall–Kier alpha value is -2.46. The van der Waals surface area contributed by atoms with Crippen molar-refractivity contribution in [2.45, 2.75) is 6.54 Å². The normalized spacial score (nSPS) is 13.1. The summed E-state index contributed by atoms with van der Waals surface area (Å²) in [5.74, 6) is 0.175. The number of carbonyl (C=O) groups excluding carboxylic acids is 1. The highest BCUT2D eigenvalue weighted by Gasteiger charge is 2.32. The van der Waals surface area contributed by atoms with Crippen molar-refractivity contribution in [3.05, 3.63) is 72.4 Å². The van der Waals surface area contributed by atoms with Crippen LogP contribution in [0.25, 0.3) is 10.4 Å². The van der Waals surface area contributed by atoms with Crippen LogP contribution in [0.15, 0.2) is 66.9 Å². The van der Waals surface area contributed by atoms with Crippen molar-refractivity contribution < 1.29 is 9.36 Å². The average Bonchev–Trinajstić information content (AvgIpc) is 3.18. The van der Waals surface area contributed by atoms with Crippen molar-refractivity contribution in [2.75, 3.05) is 18.0 Å². The average molecular weight is 321 g/mol. The molecule has 0 spiro atoms. The number of thiazole rings is 1. The molecule has 3 nitrogen and oxygen atoms in total. The lowest BCUT2D eigenvalue weighted by molar-refractivity contribution is -0.666. The second-order valence-electron chi connectivity index (χ2n) is 5.65. The third-order valence-electron chi connectivity index (χ3n) is 4.09. The molecule has 0 aliphatic carbocycles. The third kappa shape index (κ3) is 2.78. The predicted octanol–water partition coefficient (Wildman–Crippen LogP) is 3.41. The zero-order valence-electron chi connectivity index (χ0n) is 12.7. The molecule has 0 N–H and O–H groups in total. The van der Waals surface area contributed by atoms with Gasteiger partial charge in [0.05, 0.1) is 4.88 Å². The highest BCUT2D eigenvalue weighted by Crippen LogP contribution is 2.31. The van der Waals surface area contributed by atoms with Crippen LogP contribution < -0.4 is 9.47 Å². The molecule has 4 rings (SSSR count). The summed E-state index contributed by atoms with van der Waals surface area (Å²) in [5.41, 5.74) is 2.01. The van der Waals surface area contributed by atoms with Crippen LogP contribution >= 0.6 is 11.3 Å². The molecular weight excluding hydrogens is 304 g/mol. The molecule has 1 aromatic heterocycles. The number of hydrogen-bond acceptors (Lipinski definition) is 3. The molecule has 0 atom stereocenters. The van der Waals surface area contributed by atoms with E-state index in [1.54, 1.807) is 11.3 Å². The number of rotatable bonds is 4. The summed E-state index contributed by atoms with van der Waals surface area (Å²) in [4.78, 5) is 15.9. The van der Waals surface area contributed by atoms with Gasteiger partial charge in [0.1, 0.15) is 25.8 Å². The maximum Gasteiger partial charge on any atom is 0.337 e. The van der Waals surface area contributed by atoms with Crippen LogP contribution in [0.5, 0.6) is 0 Å². The predicted molar refractivity (Wildman–Crippen MR) is 92.9 cm³/mol. The van der Waals surface area contributed by atoms with Gasteiger partial charge in [0.15, 0.2) is 0 Å². The summed E-state index contributed by atoms with van der Waals surface area (Å²) in [6.45, 7) is 2.29. The molecule has 3 aromatic rings. The van der Waals surface area contributed by atoms with Gasteiger partial charge in [0.2, 0.25) is 5.78 Å². The van der Waals surface area contributed by atoms with E-state index in [9.17, 15) is 4.79 Å². The fraction of sp³-hybridized carbons (Fsp3) is 0.158. The van der Waals surface area contributed by atoms with Gasteiger partial charge in [0, 0.05) is 5.56 Å². The summed E-state index contributed by atoms with van der Waals surface area (Å²) in [5, 5.41) is 1.17. The first-order chi connectivity index (χ1) is 11.3.